The van der Waals surface area contributed by atoms with Crippen molar-refractivity contribution >= 4 is 29.3 Å². The van der Waals surface area contributed by atoms with Crippen LogP contribution in [0.3, 0.4) is 0 Å². The summed E-state index contributed by atoms with van der Waals surface area (Å²) in [7, 11) is 0. The number of halogens is 3. The zero-order valence-corrected chi connectivity index (χ0v) is 24.5. The number of nitrogens with two attached hydrogens (primary N) is 1. The van der Waals surface area contributed by atoms with Crippen molar-refractivity contribution in [2.75, 3.05) is 23.3 Å². The second-order valence-electron chi connectivity index (χ2n) is 11.7. The molecule has 12 heteroatoms. The second kappa shape index (κ2) is 12.9. The van der Waals surface area contributed by atoms with Crippen molar-refractivity contribution in [3.05, 3.63) is 77.1 Å². The fourth-order valence-corrected chi connectivity index (χ4v) is 5.58. The molecule has 2 heterocycles. The van der Waals surface area contributed by atoms with Crippen molar-refractivity contribution in [2.45, 2.75) is 70.6 Å². The number of hydrogen-bond acceptors (Lipinski definition) is 6. The van der Waals surface area contributed by atoms with Crippen LogP contribution in [0, 0.1) is 0 Å². The van der Waals surface area contributed by atoms with Gasteiger partial charge >= 0.3 is 12.3 Å². The smallest absolute Gasteiger partial charge is 0.419 e. The molecule has 4 rings (SSSR count). The Morgan fingerprint density at radius 3 is 2.21 bits per heavy atom. The van der Waals surface area contributed by atoms with Gasteiger partial charge in [0.15, 0.2) is 0 Å². The first-order valence-electron chi connectivity index (χ1n) is 14.1. The summed E-state index contributed by atoms with van der Waals surface area (Å²) in [6, 6.07) is 14.4. The van der Waals surface area contributed by atoms with E-state index >= 15 is 0 Å². The third-order valence-corrected chi connectivity index (χ3v) is 7.53. The van der Waals surface area contributed by atoms with Crippen LogP contribution in [0.2, 0.25) is 0 Å². The number of carbonyl (C=O) groups is 2. The molecule has 0 bridgehead atoms. The monoisotopic (exact) mass is 598 g/mol. The molecule has 3 aromatic rings. The fraction of sp³-hybridized carbons (Fsp3) is 0.419. The van der Waals surface area contributed by atoms with Gasteiger partial charge in [0, 0.05) is 42.2 Å². The molecule has 0 radical (unpaired) electrons. The van der Waals surface area contributed by atoms with Gasteiger partial charge in [-0.2, -0.15) is 13.2 Å². The van der Waals surface area contributed by atoms with Gasteiger partial charge in [-0.1, -0.05) is 24.3 Å². The van der Waals surface area contributed by atoms with Crippen LogP contribution in [0.5, 0.6) is 0 Å². The Kier molecular flexibility index (Phi) is 9.46. The number of nitrogens with one attached hydrogen (secondary N) is 1. The molecule has 230 valence electrons. The summed E-state index contributed by atoms with van der Waals surface area (Å²) in [4.78, 5) is 35.1. The summed E-state index contributed by atoms with van der Waals surface area (Å²) >= 11 is 0. The standard InChI is InChI=1S/C31H37F3N6O3/c1-30(2,3)40(29(42)43)24-14-16-39(17-15-24)23-11-9-22(10-12-23)37-28-36-19-25(31(32,33)34)26(38-28)13-8-20-6-4-5-7-21(20)18-27(35)41/h4-7,9-12,19,24H,8,13-18H2,1-3H3,(H2,35,41)(H,42,43)(H,36,37,38). The number of anilines is 3. The first-order valence-corrected chi connectivity index (χ1v) is 14.1. The van der Waals surface area contributed by atoms with Crippen LogP contribution in [0.4, 0.5) is 35.3 Å². The minimum atomic E-state index is -4.62. The van der Waals surface area contributed by atoms with E-state index in [0.29, 0.717) is 37.2 Å². The molecule has 1 aliphatic heterocycles. The summed E-state index contributed by atoms with van der Waals surface area (Å²) in [5.41, 5.74) is 6.77. The third kappa shape index (κ3) is 8.14. The largest absolute Gasteiger partial charge is 0.465 e. The van der Waals surface area contributed by atoms with Crippen LogP contribution in [0.1, 0.15) is 56.0 Å². The number of aromatic nitrogens is 2. The first kappa shape index (κ1) is 31.6. The SMILES string of the molecule is CC(C)(C)N(C(=O)O)C1CCN(c2ccc(Nc3ncc(C(F)(F)F)c(CCc4ccccc4CC(N)=O)n3)cc2)CC1. The number of rotatable bonds is 9. The van der Waals surface area contributed by atoms with E-state index in [4.69, 9.17) is 5.73 Å². The lowest BCUT2D eigenvalue weighted by molar-refractivity contribution is -0.138. The lowest BCUT2D eigenvalue weighted by atomic mass is 9.96. The first-order chi connectivity index (χ1) is 20.2. The van der Waals surface area contributed by atoms with Crippen LogP contribution in [0.25, 0.3) is 0 Å². The zero-order valence-electron chi connectivity index (χ0n) is 24.5. The van der Waals surface area contributed by atoms with E-state index in [1.54, 1.807) is 36.4 Å². The van der Waals surface area contributed by atoms with Crippen LogP contribution < -0.4 is 16.0 Å². The second-order valence-corrected chi connectivity index (χ2v) is 11.7. The molecule has 1 aliphatic rings. The van der Waals surface area contributed by atoms with Crippen molar-refractivity contribution in [1.29, 1.82) is 0 Å². The fourth-order valence-electron chi connectivity index (χ4n) is 5.58. The number of benzene rings is 2. The molecular formula is C31H37F3N6O3. The number of primary amides is 1. The summed E-state index contributed by atoms with van der Waals surface area (Å²) in [5.74, 6) is -0.476. The molecule has 0 unspecified atom stereocenters. The Balaban J connectivity index is 1.44. The van der Waals surface area contributed by atoms with E-state index in [1.807, 2.05) is 32.9 Å². The van der Waals surface area contributed by atoms with Crippen molar-refractivity contribution in [1.82, 2.24) is 14.9 Å². The number of aryl methyl sites for hydroxylation is 2. The van der Waals surface area contributed by atoms with Crippen LogP contribution in [-0.2, 0) is 30.2 Å². The lowest BCUT2D eigenvalue weighted by Gasteiger charge is -2.44. The highest BCUT2D eigenvalue weighted by molar-refractivity contribution is 5.77. The normalized spacial score (nSPS) is 14.4. The van der Waals surface area contributed by atoms with Crippen molar-refractivity contribution in [3.63, 3.8) is 0 Å². The number of nitrogens with zero attached hydrogens (tertiary/aromatic N) is 4. The molecule has 2 aromatic carbocycles. The van der Waals surface area contributed by atoms with E-state index in [0.717, 1.165) is 17.4 Å². The zero-order chi connectivity index (χ0) is 31.4. The molecule has 0 aliphatic carbocycles. The molecule has 1 saturated heterocycles. The highest BCUT2D eigenvalue weighted by Gasteiger charge is 2.36. The molecule has 0 spiro atoms. The van der Waals surface area contributed by atoms with E-state index in [9.17, 15) is 27.9 Å². The van der Waals surface area contributed by atoms with E-state index in [1.165, 1.54) is 4.90 Å². The minimum Gasteiger partial charge on any atom is -0.465 e. The maximum absolute atomic E-state index is 13.8. The number of carboxylic acid groups (broad SMARTS) is 1. The topological polar surface area (TPSA) is 125 Å². The van der Waals surface area contributed by atoms with Gasteiger partial charge in [0.05, 0.1) is 17.7 Å². The molecule has 1 fully saturated rings. The number of hydrogen-bond donors (Lipinski definition) is 3. The maximum atomic E-state index is 13.8. The minimum absolute atomic E-state index is 0.00455. The Hall–Kier alpha value is -4.35. The van der Waals surface area contributed by atoms with Gasteiger partial charge < -0.3 is 26.0 Å². The predicted molar refractivity (Wildman–Crippen MR) is 158 cm³/mol. The van der Waals surface area contributed by atoms with E-state index in [-0.39, 0.29) is 36.9 Å². The van der Waals surface area contributed by atoms with Gasteiger partial charge in [-0.05, 0) is 81.8 Å². The quantitative estimate of drug-likeness (QED) is 0.284. The molecule has 0 saturated carbocycles. The van der Waals surface area contributed by atoms with E-state index < -0.39 is 29.3 Å². The predicted octanol–water partition coefficient (Wildman–Crippen LogP) is 5.80. The molecule has 1 aromatic heterocycles. The molecule has 2 amide bonds. The number of amides is 2. The molecule has 9 nitrogen and oxygen atoms in total. The molecular weight excluding hydrogens is 561 g/mol. The lowest BCUT2D eigenvalue weighted by Crippen LogP contribution is -2.54. The average molecular weight is 599 g/mol. The average Bonchev–Trinajstić information content (AvgIpc) is 2.92. The van der Waals surface area contributed by atoms with Gasteiger partial charge in [-0.3, -0.25) is 4.79 Å². The van der Waals surface area contributed by atoms with Crippen molar-refractivity contribution in [2.24, 2.45) is 5.73 Å². The van der Waals surface area contributed by atoms with Gasteiger partial charge in [0.2, 0.25) is 11.9 Å². The highest BCUT2D eigenvalue weighted by atomic mass is 19.4. The summed E-state index contributed by atoms with van der Waals surface area (Å²) in [6.07, 6.45) is -3.09. The van der Waals surface area contributed by atoms with Crippen LogP contribution in [0.15, 0.2) is 54.7 Å². The van der Waals surface area contributed by atoms with Crippen LogP contribution in [-0.4, -0.2) is 56.6 Å². The summed E-state index contributed by atoms with van der Waals surface area (Å²) in [5, 5.41) is 12.7. The highest BCUT2D eigenvalue weighted by Crippen LogP contribution is 2.33. The summed E-state index contributed by atoms with van der Waals surface area (Å²) in [6.45, 7) is 7.09. The van der Waals surface area contributed by atoms with Gasteiger partial charge in [0.1, 0.15) is 0 Å². The molecule has 43 heavy (non-hydrogen) atoms. The third-order valence-electron chi connectivity index (χ3n) is 7.53. The number of alkyl halides is 3. The number of carbonyl (C=O) groups excluding carboxylic acids is 1. The Labute approximate surface area is 248 Å². The van der Waals surface area contributed by atoms with Crippen molar-refractivity contribution < 1.29 is 27.9 Å². The van der Waals surface area contributed by atoms with Gasteiger partial charge in [-0.15, -0.1) is 0 Å². The van der Waals surface area contributed by atoms with Gasteiger partial charge in [-0.25, -0.2) is 14.8 Å². The molecule has 0 atom stereocenters. The van der Waals surface area contributed by atoms with E-state index in [2.05, 4.69) is 20.2 Å². The Morgan fingerprint density at radius 2 is 1.65 bits per heavy atom. The Bertz CT molecular complexity index is 1430. The summed E-state index contributed by atoms with van der Waals surface area (Å²) < 4.78 is 41.3. The molecule has 4 N–H and O–H groups in total. The Morgan fingerprint density at radius 1 is 1.02 bits per heavy atom. The maximum Gasteiger partial charge on any atom is 0.419 e. The van der Waals surface area contributed by atoms with Gasteiger partial charge in [0.25, 0.3) is 0 Å². The van der Waals surface area contributed by atoms with Crippen molar-refractivity contribution in [3.8, 4) is 0 Å². The number of piperidine rings is 1. The van der Waals surface area contributed by atoms with Crippen LogP contribution >= 0.6 is 0 Å².